The van der Waals surface area contributed by atoms with Gasteiger partial charge in [-0.2, -0.15) is 0 Å². The molecule has 0 N–H and O–H groups in total. The Hall–Kier alpha value is -1.81. The summed E-state index contributed by atoms with van der Waals surface area (Å²) in [7, 11) is 0. The minimum absolute atomic E-state index is 0.172. The molecule has 3 heterocycles. The molecule has 4 heteroatoms. The number of nitrogens with zero attached hydrogens (tertiary/aromatic N) is 2. The zero-order valence-electron chi connectivity index (χ0n) is 13.8. The fourth-order valence-electron chi connectivity index (χ4n) is 3.55. The van der Waals surface area contributed by atoms with Crippen LogP contribution in [0.15, 0.2) is 33.5 Å². The van der Waals surface area contributed by atoms with Crippen LogP contribution in [-0.4, -0.2) is 22.6 Å². The average Bonchev–Trinajstić information content (AvgIpc) is 3.29. The number of fused-ring (bicyclic) bond motifs is 1. The summed E-state index contributed by atoms with van der Waals surface area (Å²) in [4.78, 5) is 14.7. The van der Waals surface area contributed by atoms with E-state index in [-0.39, 0.29) is 5.56 Å². The standard InChI is InChI=1S/C19H24N2O2/c1-14-2-6-17(23-14)13-20-10-8-16-5-7-19(22)21(12-15-3-4-15)18(16)9-11-20/h2,5-7,15H,3-4,8-13H2,1H3. The molecule has 0 radical (unpaired) electrons. The van der Waals surface area contributed by atoms with Crippen LogP contribution < -0.4 is 5.56 Å². The monoisotopic (exact) mass is 312 g/mol. The Balaban J connectivity index is 1.52. The lowest BCUT2D eigenvalue weighted by molar-refractivity contribution is 0.252. The molecule has 0 aromatic carbocycles. The van der Waals surface area contributed by atoms with Crippen LogP contribution >= 0.6 is 0 Å². The molecule has 4 nitrogen and oxygen atoms in total. The average molecular weight is 312 g/mol. The quantitative estimate of drug-likeness (QED) is 0.871. The Morgan fingerprint density at radius 1 is 1.13 bits per heavy atom. The third-order valence-corrected chi connectivity index (χ3v) is 5.06. The molecule has 1 aliphatic heterocycles. The number of pyridine rings is 1. The van der Waals surface area contributed by atoms with E-state index in [9.17, 15) is 4.79 Å². The summed E-state index contributed by atoms with van der Waals surface area (Å²) in [6.45, 7) is 5.77. The van der Waals surface area contributed by atoms with Crippen molar-refractivity contribution >= 4 is 0 Å². The minimum atomic E-state index is 0.172. The predicted molar refractivity (Wildman–Crippen MR) is 89.6 cm³/mol. The highest BCUT2D eigenvalue weighted by molar-refractivity contribution is 5.24. The van der Waals surface area contributed by atoms with Gasteiger partial charge in [0.2, 0.25) is 0 Å². The van der Waals surface area contributed by atoms with Crippen LogP contribution in [-0.2, 0) is 25.9 Å². The van der Waals surface area contributed by atoms with E-state index in [0.29, 0.717) is 0 Å². The van der Waals surface area contributed by atoms with Crippen molar-refractivity contribution in [1.29, 1.82) is 0 Å². The first-order valence-electron chi connectivity index (χ1n) is 8.68. The van der Waals surface area contributed by atoms with Crippen LogP contribution in [0.4, 0.5) is 0 Å². The van der Waals surface area contributed by atoms with Crippen LogP contribution in [0.5, 0.6) is 0 Å². The Kier molecular flexibility index (Phi) is 3.85. The van der Waals surface area contributed by atoms with Crippen molar-refractivity contribution in [3.8, 4) is 0 Å². The van der Waals surface area contributed by atoms with Gasteiger partial charge in [0.05, 0.1) is 6.54 Å². The van der Waals surface area contributed by atoms with E-state index in [4.69, 9.17) is 4.42 Å². The van der Waals surface area contributed by atoms with Gasteiger partial charge in [-0.1, -0.05) is 6.07 Å². The lowest BCUT2D eigenvalue weighted by atomic mass is 10.1. The lowest BCUT2D eigenvalue weighted by Crippen LogP contribution is -2.27. The molecule has 1 saturated carbocycles. The van der Waals surface area contributed by atoms with E-state index >= 15 is 0 Å². The molecule has 0 spiro atoms. The van der Waals surface area contributed by atoms with Gasteiger partial charge in [0.15, 0.2) is 0 Å². The second-order valence-corrected chi connectivity index (χ2v) is 6.99. The highest BCUT2D eigenvalue weighted by Gasteiger charge is 2.25. The summed E-state index contributed by atoms with van der Waals surface area (Å²) in [5.41, 5.74) is 2.79. The number of hydrogen-bond donors (Lipinski definition) is 0. The third kappa shape index (κ3) is 3.27. The number of furan rings is 1. The summed E-state index contributed by atoms with van der Waals surface area (Å²) in [5.74, 6) is 2.73. The van der Waals surface area contributed by atoms with Crippen molar-refractivity contribution < 1.29 is 4.42 Å². The normalized spacial score (nSPS) is 18.7. The molecule has 122 valence electrons. The maximum Gasteiger partial charge on any atom is 0.250 e. The van der Waals surface area contributed by atoms with Gasteiger partial charge in [-0.05, 0) is 49.8 Å². The molecule has 23 heavy (non-hydrogen) atoms. The summed E-state index contributed by atoms with van der Waals surface area (Å²) in [6, 6.07) is 7.89. The Morgan fingerprint density at radius 2 is 1.96 bits per heavy atom. The van der Waals surface area contributed by atoms with Gasteiger partial charge in [-0.25, -0.2) is 0 Å². The zero-order chi connectivity index (χ0) is 15.8. The molecule has 0 atom stereocenters. The highest BCUT2D eigenvalue weighted by atomic mass is 16.3. The van der Waals surface area contributed by atoms with Crippen molar-refractivity contribution in [2.75, 3.05) is 13.1 Å². The number of aryl methyl sites for hydroxylation is 1. The van der Waals surface area contributed by atoms with Gasteiger partial charge < -0.3 is 8.98 Å². The summed E-state index contributed by atoms with van der Waals surface area (Å²) < 4.78 is 7.76. The summed E-state index contributed by atoms with van der Waals surface area (Å²) in [6.07, 6.45) is 4.53. The van der Waals surface area contributed by atoms with E-state index in [1.165, 1.54) is 24.1 Å². The van der Waals surface area contributed by atoms with Gasteiger partial charge in [-0.3, -0.25) is 9.69 Å². The number of aromatic nitrogens is 1. The fraction of sp³-hybridized carbons (Fsp3) is 0.526. The number of hydrogen-bond acceptors (Lipinski definition) is 3. The minimum Gasteiger partial charge on any atom is -0.465 e. The Labute approximate surface area is 136 Å². The van der Waals surface area contributed by atoms with Crippen molar-refractivity contribution in [3.63, 3.8) is 0 Å². The maximum absolute atomic E-state index is 12.3. The van der Waals surface area contributed by atoms with Crippen LogP contribution in [0, 0.1) is 12.8 Å². The van der Waals surface area contributed by atoms with Gasteiger partial charge in [0.1, 0.15) is 11.5 Å². The van der Waals surface area contributed by atoms with E-state index in [0.717, 1.165) is 56.5 Å². The van der Waals surface area contributed by atoms with Crippen molar-refractivity contribution in [2.24, 2.45) is 5.92 Å². The van der Waals surface area contributed by atoms with E-state index in [1.54, 1.807) is 6.07 Å². The van der Waals surface area contributed by atoms with Crippen molar-refractivity contribution in [1.82, 2.24) is 9.47 Å². The molecule has 2 aliphatic rings. The third-order valence-electron chi connectivity index (χ3n) is 5.06. The fourth-order valence-corrected chi connectivity index (χ4v) is 3.55. The molecule has 2 aromatic rings. The second kappa shape index (κ2) is 6.00. The first kappa shape index (κ1) is 14.8. The van der Waals surface area contributed by atoms with E-state index < -0.39 is 0 Å². The molecular formula is C19H24N2O2. The van der Waals surface area contributed by atoms with Gasteiger partial charge in [0.25, 0.3) is 5.56 Å². The van der Waals surface area contributed by atoms with Crippen LogP contribution in [0.2, 0.25) is 0 Å². The Bertz CT molecular complexity index is 755. The Morgan fingerprint density at radius 3 is 2.70 bits per heavy atom. The van der Waals surface area contributed by atoms with Crippen LogP contribution in [0.1, 0.15) is 35.6 Å². The van der Waals surface area contributed by atoms with Crippen molar-refractivity contribution in [3.05, 3.63) is 57.4 Å². The molecule has 4 rings (SSSR count). The van der Waals surface area contributed by atoms with Gasteiger partial charge in [0, 0.05) is 37.8 Å². The topological polar surface area (TPSA) is 38.4 Å². The zero-order valence-corrected chi connectivity index (χ0v) is 13.8. The smallest absolute Gasteiger partial charge is 0.250 e. The molecular weight excluding hydrogens is 288 g/mol. The first-order valence-corrected chi connectivity index (χ1v) is 8.68. The molecule has 0 amide bonds. The summed E-state index contributed by atoms with van der Waals surface area (Å²) >= 11 is 0. The highest BCUT2D eigenvalue weighted by Crippen LogP contribution is 2.31. The predicted octanol–water partition coefficient (Wildman–Crippen LogP) is 2.76. The largest absolute Gasteiger partial charge is 0.465 e. The SMILES string of the molecule is Cc1ccc(CN2CCc3ccc(=O)n(CC4CC4)c3CC2)o1. The maximum atomic E-state index is 12.3. The van der Waals surface area contributed by atoms with Gasteiger partial charge >= 0.3 is 0 Å². The van der Waals surface area contributed by atoms with E-state index in [1.807, 2.05) is 23.6 Å². The van der Waals surface area contributed by atoms with Gasteiger partial charge in [-0.15, -0.1) is 0 Å². The number of rotatable bonds is 4. The van der Waals surface area contributed by atoms with E-state index in [2.05, 4.69) is 11.0 Å². The molecule has 0 bridgehead atoms. The second-order valence-electron chi connectivity index (χ2n) is 6.99. The molecule has 2 aromatic heterocycles. The van der Waals surface area contributed by atoms with Crippen molar-refractivity contribution in [2.45, 2.75) is 45.7 Å². The molecule has 1 fully saturated rings. The van der Waals surface area contributed by atoms with Crippen LogP contribution in [0.3, 0.4) is 0 Å². The molecule has 0 saturated heterocycles. The lowest BCUT2D eigenvalue weighted by Gasteiger charge is -2.18. The van der Waals surface area contributed by atoms with Crippen LogP contribution in [0.25, 0.3) is 0 Å². The first-order chi connectivity index (χ1) is 11.2. The molecule has 1 aliphatic carbocycles. The molecule has 0 unspecified atom stereocenters. The summed E-state index contributed by atoms with van der Waals surface area (Å²) in [5, 5.41) is 0.